The molecule has 0 bridgehead atoms. The van der Waals surface area contributed by atoms with Gasteiger partial charge >= 0.3 is 0 Å². The fraction of sp³-hybridized carbons (Fsp3) is 0.375. The topological polar surface area (TPSA) is 54.3 Å². The van der Waals surface area contributed by atoms with E-state index in [0.717, 1.165) is 73.9 Å². The van der Waals surface area contributed by atoms with Crippen molar-refractivity contribution in [3.8, 4) is 0 Å². The number of hydrogen-bond acceptors (Lipinski definition) is 4. The van der Waals surface area contributed by atoms with E-state index in [4.69, 9.17) is 0 Å². The summed E-state index contributed by atoms with van der Waals surface area (Å²) in [4.78, 5) is 21.8. The van der Waals surface area contributed by atoms with Crippen LogP contribution in [0.1, 0.15) is 39.4 Å². The van der Waals surface area contributed by atoms with Crippen molar-refractivity contribution in [1.29, 1.82) is 0 Å². The zero-order chi connectivity index (χ0) is 20.9. The fourth-order valence-corrected chi connectivity index (χ4v) is 4.00. The van der Waals surface area contributed by atoms with E-state index in [-0.39, 0.29) is 5.91 Å². The van der Waals surface area contributed by atoms with Crippen molar-refractivity contribution in [2.24, 2.45) is 0 Å². The van der Waals surface area contributed by atoms with E-state index in [9.17, 15) is 4.79 Å². The normalized spacial score (nSPS) is 15.2. The Labute approximate surface area is 178 Å². The monoisotopic (exact) mass is 403 g/mol. The van der Waals surface area contributed by atoms with Crippen LogP contribution in [0, 0.1) is 13.8 Å². The van der Waals surface area contributed by atoms with Gasteiger partial charge in [0, 0.05) is 50.2 Å². The average Bonchev–Trinajstić information content (AvgIpc) is 2.93. The van der Waals surface area contributed by atoms with E-state index in [0.29, 0.717) is 0 Å². The minimum atomic E-state index is 0.118. The molecule has 1 fully saturated rings. The number of carbonyl (C=O) groups excluding carboxylic acids is 1. The first-order valence-electron chi connectivity index (χ1n) is 10.6. The third-order valence-corrected chi connectivity index (χ3v) is 5.62. The predicted molar refractivity (Wildman–Crippen MR) is 117 cm³/mol. The molecule has 4 rings (SSSR count). The Hall–Kier alpha value is -2.99. The summed E-state index contributed by atoms with van der Waals surface area (Å²) in [5.74, 6) is 0.118. The van der Waals surface area contributed by atoms with Crippen molar-refractivity contribution >= 4 is 5.91 Å². The van der Waals surface area contributed by atoms with Crippen molar-refractivity contribution in [3.63, 3.8) is 0 Å². The molecule has 3 aromatic rings. The molecule has 3 heterocycles. The third kappa shape index (κ3) is 4.94. The van der Waals surface area contributed by atoms with E-state index in [1.807, 2.05) is 59.1 Å². The van der Waals surface area contributed by atoms with Crippen molar-refractivity contribution in [3.05, 3.63) is 82.9 Å². The average molecular weight is 404 g/mol. The second-order valence-corrected chi connectivity index (χ2v) is 8.02. The molecule has 1 amide bonds. The van der Waals surface area contributed by atoms with Crippen LogP contribution in [0.5, 0.6) is 0 Å². The van der Waals surface area contributed by atoms with E-state index >= 15 is 0 Å². The molecule has 1 saturated heterocycles. The molecule has 156 valence electrons. The number of aryl methyl sites for hydroxylation is 2. The fourth-order valence-electron chi connectivity index (χ4n) is 4.00. The Morgan fingerprint density at radius 1 is 0.967 bits per heavy atom. The molecule has 2 aromatic heterocycles. The maximum atomic E-state index is 13.0. The van der Waals surface area contributed by atoms with Crippen LogP contribution >= 0.6 is 0 Å². The molecule has 0 aliphatic carbocycles. The molecule has 0 unspecified atom stereocenters. The smallest absolute Gasteiger partial charge is 0.253 e. The quantitative estimate of drug-likeness (QED) is 0.656. The van der Waals surface area contributed by atoms with E-state index in [2.05, 4.69) is 34.0 Å². The van der Waals surface area contributed by atoms with Gasteiger partial charge in [-0.2, -0.15) is 5.10 Å². The SMILES string of the molecule is Cc1cc(C)n(Cc2ccc(C(=O)N3CCCN(Cc4ccccn4)CC3)cc2)n1. The second kappa shape index (κ2) is 9.22. The molecular weight excluding hydrogens is 374 g/mol. The van der Waals surface area contributed by atoms with Gasteiger partial charge in [0.1, 0.15) is 0 Å². The molecular formula is C24H29N5O. The number of carbonyl (C=O) groups is 1. The van der Waals surface area contributed by atoms with Crippen LogP contribution in [0.4, 0.5) is 0 Å². The van der Waals surface area contributed by atoms with Gasteiger partial charge in [-0.15, -0.1) is 0 Å². The van der Waals surface area contributed by atoms with Crippen LogP contribution in [-0.4, -0.2) is 56.7 Å². The van der Waals surface area contributed by atoms with Gasteiger partial charge in [0.15, 0.2) is 0 Å². The summed E-state index contributed by atoms with van der Waals surface area (Å²) in [6.45, 7) is 9.03. The van der Waals surface area contributed by atoms with Gasteiger partial charge in [-0.1, -0.05) is 18.2 Å². The third-order valence-electron chi connectivity index (χ3n) is 5.62. The number of benzene rings is 1. The first-order valence-corrected chi connectivity index (χ1v) is 10.6. The van der Waals surface area contributed by atoms with Crippen molar-refractivity contribution in [1.82, 2.24) is 24.6 Å². The summed E-state index contributed by atoms with van der Waals surface area (Å²) in [7, 11) is 0. The molecule has 1 aliphatic rings. The standard InChI is InChI=1S/C24H29N5O/c1-19-16-20(2)29(26-19)17-21-7-9-22(10-8-21)24(30)28-13-5-12-27(14-15-28)18-23-6-3-4-11-25-23/h3-4,6-11,16H,5,12-15,17-18H2,1-2H3. The molecule has 6 nitrogen and oxygen atoms in total. The Bertz CT molecular complexity index is 981. The molecule has 0 atom stereocenters. The molecule has 0 spiro atoms. The molecule has 30 heavy (non-hydrogen) atoms. The molecule has 0 saturated carbocycles. The molecule has 0 radical (unpaired) electrons. The summed E-state index contributed by atoms with van der Waals surface area (Å²) >= 11 is 0. The summed E-state index contributed by atoms with van der Waals surface area (Å²) in [5, 5.41) is 4.52. The lowest BCUT2D eigenvalue weighted by molar-refractivity contribution is 0.0761. The van der Waals surface area contributed by atoms with Crippen molar-refractivity contribution in [2.45, 2.75) is 33.4 Å². The van der Waals surface area contributed by atoms with Crippen LogP contribution in [0.15, 0.2) is 54.7 Å². The van der Waals surface area contributed by atoms with Gasteiger partial charge in [0.25, 0.3) is 5.91 Å². The predicted octanol–water partition coefficient (Wildman–Crippen LogP) is 3.29. The van der Waals surface area contributed by atoms with Crippen LogP contribution < -0.4 is 0 Å². The number of nitrogens with zero attached hydrogens (tertiary/aromatic N) is 5. The van der Waals surface area contributed by atoms with Gasteiger partial charge in [-0.25, -0.2) is 0 Å². The second-order valence-electron chi connectivity index (χ2n) is 8.02. The number of amides is 1. The molecule has 0 N–H and O–H groups in total. The zero-order valence-electron chi connectivity index (χ0n) is 17.8. The Balaban J connectivity index is 1.35. The minimum absolute atomic E-state index is 0.118. The van der Waals surface area contributed by atoms with E-state index < -0.39 is 0 Å². The first kappa shape index (κ1) is 20.3. The van der Waals surface area contributed by atoms with Gasteiger partial charge < -0.3 is 4.90 Å². The Morgan fingerprint density at radius 3 is 2.50 bits per heavy atom. The minimum Gasteiger partial charge on any atom is -0.337 e. The zero-order valence-corrected chi connectivity index (χ0v) is 17.8. The van der Waals surface area contributed by atoms with E-state index in [1.165, 1.54) is 0 Å². The summed E-state index contributed by atoms with van der Waals surface area (Å²) in [6, 6.07) is 16.1. The van der Waals surface area contributed by atoms with Gasteiger partial charge in [0.05, 0.1) is 17.9 Å². The molecule has 1 aromatic carbocycles. The van der Waals surface area contributed by atoms with Gasteiger partial charge in [0.2, 0.25) is 0 Å². The van der Waals surface area contributed by atoms with Gasteiger partial charge in [-0.3, -0.25) is 19.4 Å². The lowest BCUT2D eigenvalue weighted by Gasteiger charge is -2.22. The highest BCUT2D eigenvalue weighted by Gasteiger charge is 2.20. The largest absolute Gasteiger partial charge is 0.337 e. The molecule has 6 heteroatoms. The van der Waals surface area contributed by atoms with Crippen LogP contribution in [-0.2, 0) is 13.1 Å². The highest BCUT2D eigenvalue weighted by atomic mass is 16.2. The maximum Gasteiger partial charge on any atom is 0.253 e. The highest BCUT2D eigenvalue weighted by molar-refractivity contribution is 5.94. The van der Waals surface area contributed by atoms with E-state index in [1.54, 1.807) is 0 Å². The van der Waals surface area contributed by atoms with Crippen molar-refractivity contribution in [2.75, 3.05) is 26.2 Å². The number of hydrogen-bond donors (Lipinski definition) is 0. The number of pyridine rings is 1. The maximum absolute atomic E-state index is 13.0. The highest BCUT2D eigenvalue weighted by Crippen LogP contribution is 2.14. The van der Waals surface area contributed by atoms with Crippen LogP contribution in [0.25, 0.3) is 0 Å². The molecule has 1 aliphatic heterocycles. The van der Waals surface area contributed by atoms with Crippen LogP contribution in [0.2, 0.25) is 0 Å². The van der Waals surface area contributed by atoms with Crippen molar-refractivity contribution < 1.29 is 4.79 Å². The van der Waals surface area contributed by atoms with Gasteiger partial charge in [-0.05, 0) is 56.2 Å². The summed E-state index contributed by atoms with van der Waals surface area (Å²) < 4.78 is 2.00. The first-order chi connectivity index (χ1) is 14.6. The Morgan fingerprint density at radius 2 is 1.80 bits per heavy atom. The summed E-state index contributed by atoms with van der Waals surface area (Å²) in [6.07, 6.45) is 2.82. The number of aromatic nitrogens is 3. The Kier molecular flexibility index (Phi) is 6.23. The lowest BCUT2D eigenvalue weighted by atomic mass is 10.1. The summed E-state index contributed by atoms with van der Waals surface area (Å²) in [5.41, 5.74) is 5.15. The number of rotatable bonds is 5. The van der Waals surface area contributed by atoms with Crippen LogP contribution in [0.3, 0.4) is 0 Å². The lowest BCUT2D eigenvalue weighted by Crippen LogP contribution is -2.35.